The lowest BCUT2D eigenvalue weighted by Gasteiger charge is -2.13. The third-order valence-corrected chi connectivity index (χ3v) is 3.32. The van der Waals surface area contributed by atoms with Crippen LogP contribution in [0, 0.1) is 0 Å². The Morgan fingerprint density at radius 3 is 2.00 bits per heavy atom. The SMILES string of the molecule is CCOc1ccc(C(O)COc2ccc(CC)cc2)cc1. The molecule has 0 aliphatic heterocycles. The van der Waals surface area contributed by atoms with Crippen molar-refractivity contribution < 1.29 is 14.6 Å². The van der Waals surface area contributed by atoms with Gasteiger partial charge in [-0.1, -0.05) is 31.2 Å². The Bertz CT molecular complexity index is 531. The van der Waals surface area contributed by atoms with Gasteiger partial charge < -0.3 is 14.6 Å². The Balaban J connectivity index is 1.89. The molecule has 1 N–H and O–H groups in total. The Labute approximate surface area is 126 Å². The van der Waals surface area contributed by atoms with E-state index in [2.05, 4.69) is 6.92 Å². The Hall–Kier alpha value is -2.00. The van der Waals surface area contributed by atoms with Crippen LogP contribution in [0.25, 0.3) is 0 Å². The molecule has 0 saturated carbocycles. The highest BCUT2D eigenvalue weighted by Crippen LogP contribution is 2.20. The lowest BCUT2D eigenvalue weighted by molar-refractivity contribution is 0.108. The number of rotatable bonds is 7. The highest BCUT2D eigenvalue weighted by Gasteiger charge is 2.08. The predicted octanol–water partition coefficient (Wildman–Crippen LogP) is 3.76. The first-order chi connectivity index (χ1) is 10.2. The molecular weight excluding hydrogens is 264 g/mol. The zero-order valence-corrected chi connectivity index (χ0v) is 12.6. The number of hydrogen-bond acceptors (Lipinski definition) is 3. The van der Waals surface area contributed by atoms with E-state index in [1.54, 1.807) is 0 Å². The summed E-state index contributed by atoms with van der Waals surface area (Å²) in [4.78, 5) is 0. The van der Waals surface area contributed by atoms with Gasteiger partial charge >= 0.3 is 0 Å². The smallest absolute Gasteiger partial charge is 0.119 e. The van der Waals surface area contributed by atoms with Gasteiger partial charge in [-0.15, -0.1) is 0 Å². The largest absolute Gasteiger partial charge is 0.494 e. The van der Waals surface area contributed by atoms with Crippen LogP contribution in [0.3, 0.4) is 0 Å². The zero-order valence-electron chi connectivity index (χ0n) is 12.6. The number of hydrogen-bond donors (Lipinski definition) is 1. The van der Waals surface area contributed by atoms with Gasteiger partial charge in [0.2, 0.25) is 0 Å². The van der Waals surface area contributed by atoms with Gasteiger partial charge in [0.1, 0.15) is 24.2 Å². The van der Waals surface area contributed by atoms with E-state index in [9.17, 15) is 5.11 Å². The molecule has 2 rings (SSSR count). The van der Waals surface area contributed by atoms with Crippen LogP contribution in [0.1, 0.15) is 31.1 Å². The first kappa shape index (κ1) is 15.4. The second-order valence-electron chi connectivity index (χ2n) is 4.83. The third kappa shape index (κ3) is 4.50. The molecular formula is C18H22O3. The van der Waals surface area contributed by atoms with E-state index < -0.39 is 6.10 Å². The maximum Gasteiger partial charge on any atom is 0.119 e. The molecule has 0 aliphatic rings. The number of aryl methyl sites for hydroxylation is 1. The molecule has 1 atom stereocenters. The van der Waals surface area contributed by atoms with Crippen molar-refractivity contribution in [1.29, 1.82) is 0 Å². The van der Waals surface area contributed by atoms with Crippen LogP contribution in [0.4, 0.5) is 0 Å². The summed E-state index contributed by atoms with van der Waals surface area (Å²) in [5, 5.41) is 10.1. The highest BCUT2D eigenvalue weighted by atomic mass is 16.5. The van der Waals surface area contributed by atoms with E-state index in [1.807, 2.05) is 55.5 Å². The molecule has 0 radical (unpaired) electrons. The van der Waals surface area contributed by atoms with Crippen molar-refractivity contribution in [3.8, 4) is 11.5 Å². The van der Waals surface area contributed by atoms with Gasteiger partial charge in [0.15, 0.2) is 0 Å². The van der Waals surface area contributed by atoms with Crippen LogP contribution in [0.15, 0.2) is 48.5 Å². The van der Waals surface area contributed by atoms with Crippen LogP contribution < -0.4 is 9.47 Å². The van der Waals surface area contributed by atoms with Gasteiger partial charge in [0.05, 0.1) is 6.61 Å². The van der Waals surface area contributed by atoms with Crippen LogP contribution >= 0.6 is 0 Å². The second-order valence-corrected chi connectivity index (χ2v) is 4.83. The van der Waals surface area contributed by atoms with Crippen molar-refractivity contribution in [3.05, 3.63) is 59.7 Å². The number of aliphatic hydroxyl groups is 1. The van der Waals surface area contributed by atoms with Crippen molar-refractivity contribution in [2.24, 2.45) is 0 Å². The van der Waals surface area contributed by atoms with Gasteiger partial charge in [-0.25, -0.2) is 0 Å². The van der Waals surface area contributed by atoms with E-state index in [4.69, 9.17) is 9.47 Å². The highest BCUT2D eigenvalue weighted by molar-refractivity contribution is 5.29. The normalized spacial score (nSPS) is 12.0. The fourth-order valence-electron chi connectivity index (χ4n) is 2.05. The summed E-state index contributed by atoms with van der Waals surface area (Å²) in [6, 6.07) is 15.4. The first-order valence-electron chi connectivity index (χ1n) is 7.35. The predicted molar refractivity (Wildman–Crippen MR) is 83.9 cm³/mol. The van der Waals surface area contributed by atoms with E-state index in [0.717, 1.165) is 23.5 Å². The van der Waals surface area contributed by atoms with Gasteiger partial charge in [-0.2, -0.15) is 0 Å². The standard InChI is InChI=1S/C18H22O3/c1-3-14-5-9-17(10-6-14)21-13-18(19)15-7-11-16(12-8-15)20-4-2/h5-12,18-19H,3-4,13H2,1-2H3. The lowest BCUT2D eigenvalue weighted by Crippen LogP contribution is -2.09. The molecule has 0 heterocycles. The molecule has 0 spiro atoms. The summed E-state index contributed by atoms with van der Waals surface area (Å²) in [6.07, 6.45) is 0.362. The summed E-state index contributed by atoms with van der Waals surface area (Å²) in [5.74, 6) is 1.58. The number of ether oxygens (including phenoxy) is 2. The van der Waals surface area contributed by atoms with Crippen molar-refractivity contribution in [2.75, 3.05) is 13.2 Å². The Morgan fingerprint density at radius 2 is 1.43 bits per heavy atom. The maximum absolute atomic E-state index is 10.1. The number of aliphatic hydroxyl groups excluding tert-OH is 1. The summed E-state index contributed by atoms with van der Waals surface area (Å²) < 4.78 is 11.0. The molecule has 3 nitrogen and oxygen atoms in total. The molecule has 2 aromatic carbocycles. The van der Waals surface area contributed by atoms with E-state index in [1.165, 1.54) is 5.56 Å². The van der Waals surface area contributed by atoms with Crippen LogP contribution in [-0.4, -0.2) is 18.3 Å². The minimum atomic E-state index is -0.647. The molecule has 21 heavy (non-hydrogen) atoms. The van der Waals surface area contributed by atoms with Crippen molar-refractivity contribution in [3.63, 3.8) is 0 Å². The zero-order chi connectivity index (χ0) is 15.1. The summed E-state index contributed by atoms with van der Waals surface area (Å²) in [7, 11) is 0. The minimum Gasteiger partial charge on any atom is -0.494 e. The molecule has 0 bridgehead atoms. The maximum atomic E-state index is 10.1. The van der Waals surface area contributed by atoms with Crippen molar-refractivity contribution in [2.45, 2.75) is 26.4 Å². The molecule has 1 unspecified atom stereocenters. The van der Waals surface area contributed by atoms with E-state index >= 15 is 0 Å². The topological polar surface area (TPSA) is 38.7 Å². The molecule has 112 valence electrons. The first-order valence-corrected chi connectivity index (χ1v) is 7.35. The third-order valence-electron chi connectivity index (χ3n) is 3.32. The fourth-order valence-corrected chi connectivity index (χ4v) is 2.05. The lowest BCUT2D eigenvalue weighted by atomic mass is 10.1. The minimum absolute atomic E-state index is 0.236. The monoisotopic (exact) mass is 286 g/mol. The Morgan fingerprint density at radius 1 is 0.857 bits per heavy atom. The molecule has 0 saturated heterocycles. The second kappa shape index (κ2) is 7.70. The molecule has 3 heteroatoms. The van der Waals surface area contributed by atoms with Gasteiger partial charge in [0, 0.05) is 0 Å². The van der Waals surface area contributed by atoms with E-state index in [0.29, 0.717) is 6.61 Å². The van der Waals surface area contributed by atoms with Gasteiger partial charge in [-0.3, -0.25) is 0 Å². The van der Waals surface area contributed by atoms with Crippen LogP contribution in [-0.2, 0) is 6.42 Å². The van der Waals surface area contributed by atoms with Crippen molar-refractivity contribution >= 4 is 0 Å². The van der Waals surface area contributed by atoms with Crippen LogP contribution in [0.2, 0.25) is 0 Å². The van der Waals surface area contributed by atoms with Crippen LogP contribution in [0.5, 0.6) is 11.5 Å². The fraction of sp³-hybridized carbons (Fsp3) is 0.333. The molecule has 0 aliphatic carbocycles. The quantitative estimate of drug-likeness (QED) is 0.842. The molecule has 0 fully saturated rings. The summed E-state index contributed by atoms with van der Waals surface area (Å²) in [6.45, 7) is 4.93. The number of benzene rings is 2. The average Bonchev–Trinajstić information content (AvgIpc) is 2.54. The van der Waals surface area contributed by atoms with Gasteiger partial charge in [-0.05, 0) is 48.7 Å². The summed E-state index contributed by atoms with van der Waals surface area (Å²) in [5.41, 5.74) is 2.10. The molecule has 0 aromatic heterocycles. The average molecular weight is 286 g/mol. The molecule has 0 amide bonds. The molecule has 2 aromatic rings. The summed E-state index contributed by atoms with van der Waals surface area (Å²) >= 11 is 0. The van der Waals surface area contributed by atoms with E-state index in [-0.39, 0.29) is 6.61 Å². The van der Waals surface area contributed by atoms with Crippen molar-refractivity contribution in [1.82, 2.24) is 0 Å². The van der Waals surface area contributed by atoms with Gasteiger partial charge in [0.25, 0.3) is 0 Å². The Kier molecular flexibility index (Phi) is 5.64.